The maximum Gasteiger partial charge on any atom is 0.417 e. The van der Waals surface area contributed by atoms with Crippen molar-refractivity contribution in [3.05, 3.63) is 0 Å². The number of nitrogens with zero attached hydrogens (tertiary/aromatic N) is 2. The zero-order valence-electron chi connectivity index (χ0n) is 13.8. The molecule has 11 heteroatoms. The molecule has 1 unspecified atom stereocenters. The molecule has 0 aliphatic carbocycles. The van der Waals surface area contributed by atoms with E-state index >= 15 is 0 Å². The third-order valence-corrected chi connectivity index (χ3v) is 5.22. The lowest BCUT2D eigenvalue weighted by atomic mass is 9.94. The topological polar surface area (TPSA) is 74.5 Å². The molecule has 2 N–H and O–H groups in total. The van der Waals surface area contributed by atoms with E-state index in [4.69, 9.17) is 9.47 Å². The summed E-state index contributed by atoms with van der Waals surface area (Å²) in [6.07, 6.45) is -12.1. The van der Waals surface area contributed by atoms with Crippen molar-refractivity contribution in [3.8, 4) is 0 Å². The zero-order valence-corrected chi connectivity index (χ0v) is 14.6. The van der Waals surface area contributed by atoms with Gasteiger partial charge in [-0.2, -0.15) is 13.2 Å². The van der Waals surface area contributed by atoms with Crippen LogP contribution < -0.4 is 0 Å². The van der Waals surface area contributed by atoms with Crippen LogP contribution in [-0.2, 0) is 9.47 Å². The lowest BCUT2D eigenvalue weighted by molar-refractivity contribution is -0.284. The van der Waals surface area contributed by atoms with Crippen molar-refractivity contribution < 1.29 is 37.2 Å². The van der Waals surface area contributed by atoms with E-state index in [1.807, 2.05) is 0 Å². The average molecular weight is 390 g/mol. The maximum atomic E-state index is 13.3. The van der Waals surface area contributed by atoms with E-state index in [0.717, 1.165) is 11.8 Å². The smallest absolute Gasteiger partial charge is 0.388 e. The number of halogens is 4. The average Bonchev–Trinajstić information content (AvgIpc) is 2.95. The van der Waals surface area contributed by atoms with Crippen molar-refractivity contribution in [2.45, 2.75) is 54.9 Å². The van der Waals surface area contributed by atoms with Gasteiger partial charge in [-0.3, -0.25) is 9.38 Å². The molecule has 25 heavy (non-hydrogen) atoms. The van der Waals surface area contributed by atoms with Crippen molar-refractivity contribution >= 4 is 16.9 Å². The van der Waals surface area contributed by atoms with Crippen LogP contribution in [0.2, 0.25) is 0 Å². The Bertz CT molecular complexity index is 480. The van der Waals surface area contributed by atoms with Crippen LogP contribution >= 0.6 is 11.8 Å². The molecule has 146 valence electrons. The van der Waals surface area contributed by atoms with Gasteiger partial charge < -0.3 is 24.6 Å². The Morgan fingerprint density at radius 3 is 2.52 bits per heavy atom. The van der Waals surface area contributed by atoms with Crippen LogP contribution in [0, 0.1) is 0 Å². The summed E-state index contributed by atoms with van der Waals surface area (Å²) < 4.78 is 62.4. The van der Waals surface area contributed by atoms with Crippen LogP contribution in [0.4, 0.5) is 17.6 Å². The Morgan fingerprint density at radius 1 is 1.28 bits per heavy atom. The normalized spacial score (nSPS) is 33.8. The number of aliphatic hydroxyl groups excluding tert-OH is 2. The van der Waals surface area contributed by atoms with E-state index in [2.05, 4.69) is 4.99 Å². The highest BCUT2D eigenvalue weighted by Crippen LogP contribution is 2.40. The number of ether oxygens (including phenoxy) is 2. The minimum Gasteiger partial charge on any atom is -0.388 e. The number of amidine groups is 1. The predicted octanol–water partition coefficient (Wildman–Crippen LogP) is 1.16. The molecule has 0 amide bonds. The van der Waals surface area contributed by atoms with Crippen molar-refractivity contribution in [2.75, 3.05) is 27.4 Å². The van der Waals surface area contributed by atoms with Gasteiger partial charge in [0.2, 0.25) is 0 Å². The van der Waals surface area contributed by atoms with Crippen LogP contribution in [-0.4, -0.2) is 89.7 Å². The number of aliphatic hydroxyl groups is 2. The Morgan fingerprint density at radius 2 is 1.96 bits per heavy atom. The second-order valence-corrected chi connectivity index (χ2v) is 7.16. The molecular weight excluding hydrogens is 368 g/mol. The second-order valence-electron chi connectivity index (χ2n) is 6.09. The fraction of sp³-hybridized carbons (Fsp3) is 0.929. The summed E-state index contributed by atoms with van der Waals surface area (Å²) in [5.74, 6) is 0. The first kappa shape index (κ1) is 20.7. The monoisotopic (exact) mass is 390 g/mol. The third kappa shape index (κ3) is 4.76. The van der Waals surface area contributed by atoms with Crippen molar-refractivity contribution in [1.82, 2.24) is 4.90 Å². The Kier molecular flexibility index (Phi) is 6.94. The standard InChI is InChI=1S/C14H22F4N2O4S/c1-20(2)13-19-7-8(21)9(22)10(24-12(7)25-13)11(14(16,17)18)23-6-4-3-5-15/h7-12,21-22H,3-6H2,1-2H3/t7-,8-,9+,10?,11-,12-/m1/s1. The molecule has 0 aromatic carbocycles. The van der Waals surface area contributed by atoms with E-state index < -0.39 is 48.7 Å². The molecule has 2 rings (SSSR count). The van der Waals surface area contributed by atoms with Gasteiger partial charge in [0.15, 0.2) is 11.3 Å². The third-order valence-electron chi connectivity index (χ3n) is 3.92. The van der Waals surface area contributed by atoms with Gasteiger partial charge in [0, 0.05) is 20.7 Å². The molecule has 0 radical (unpaired) electrons. The zero-order chi connectivity index (χ0) is 18.8. The van der Waals surface area contributed by atoms with Crippen molar-refractivity contribution in [2.24, 2.45) is 4.99 Å². The fourth-order valence-corrected chi connectivity index (χ4v) is 3.77. The molecule has 2 aliphatic rings. The predicted molar refractivity (Wildman–Crippen MR) is 84.2 cm³/mol. The number of hydrogen-bond acceptors (Lipinski definition) is 7. The summed E-state index contributed by atoms with van der Waals surface area (Å²) in [4.78, 5) is 5.84. The minimum atomic E-state index is -4.80. The van der Waals surface area contributed by atoms with E-state index in [1.54, 1.807) is 19.0 Å². The van der Waals surface area contributed by atoms with Crippen LogP contribution in [0.25, 0.3) is 0 Å². The summed E-state index contributed by atoms with van der Waals surface area (Å²) in [5, 5.41) is 20.8. The molecule has 1 saturated heterocycles. The number of hydrogen-bond donors (Lipinski definition) is 2. The van der Waals surface area contributed by atoms with E-state index in [1.165, 1.54) is 0 Å². The van der Waals surface area contributed by atoms with Gasteiger partial charge in [-0.1, -0.05) is 11.8 Å². The number of unbranched alkanes of at least 4 members (excludes halogenated alkanes) is 1. The van der Waals surface area contributed by atoms with Gasteiger partial charge in [-0.15, -0.1) is 0 Å². The van der Waals surface area contributed by atoms with E-state index in [9.17, 15) is 27.8 Å². The van der Waals surface area contributed by atoms with Gasteiger partial charge in [-0.05, 0) is 12.8 Å². The molecule has 0 saturated carbocycles. The van der Waals surface area contributed by atoms with Crippen molar-refractivity contribution in [1.29, 1.82) is 0 Å². The maximum absolute atomic E-state index is 13.3. The summed E-state index contributed by atoms with van der Waals surface area (Å²) in [6.45, 7) is -0.968. The molecule has 2 aliphatic heterocycles. The van der Waals surface area contributed by atoms with Gasteiger partial charge in [0.05, 0.1) is 6.67 Å². The van der Waals surface area contributed by atoms with Crippen LogP contribution in [0.15, 0.2) is 4.99 Å². The van der Waals surface area contributed by atoms with Gasteiger partial charge in [0.1, 0.15) is 29.8 Å². The largest absolute Gasteiger partial charge is 0.417 e. The number of aliphatic imine (C=N–C) groups is 1. The molecule has 0 spiro atoms. The van der Waals surface area contributed by atoms with Gasteiger partial charge >= 0.3 is 6.18 Å². The fourth-order valence-electron chi connectivity index (χ4n) is 2.62. The summed E-state index contributed by atoms with van der Waals surface area (Å²) in [7, 11) is 3.41. The van der Waals surface area contributed by atoms with Gasteiger partial charge in [-0.25, -0.2) is 0 Å². The number of alkyl halides is 4. The molecule has 1 fully saturated rings. The first-order valence-electron chi connectivity index (χ1n) is 7.84. The summed E-state index contributed by atoms with van der Waals surface area (Å²) in [5.41, 5.74) is -0.847. The number of rotatable bonds is 6. The first-order chi connectivity index (χ1) is 11.7. The van der Waals surface area contributed by atoms with E-state index in [-0.39, 0.29) is 19.4 Å². The SMILES string of the molecule is CN(C)C1=N[C@@H]2[C@@H](O)[C@H](O)C([C@@H](OCCCCF)C(F)(F)F)O[C@@H]2S1. The highest BCUT2D eigenvalue weighted by atomic mass is 32.2. The Hall–Kier alpha value is -0.620. The highest BCUT2D eigenvalue weighted by molar-refractivity contribution is 8.14. The van der Waals surface area contributed by atoms with E-state index in [0.29, 0.717) is 5.17 Å². The highest BCUT2D eigenvalue weighted by Gasteiger charge is 2.57. The Balaban J connectivity index is 2.11. The molecule has 2 heterocycles. The van der Waals surface area contributed by atoms with Crippen molar-refractivity contribution in [3.63, 3.8) is 0 Å². The molecular formula is C14H22F4N2O4S. The lowest BCUT2D eigenvalue weighted by Crippen LogP contribution is -2.61. The lowest BCUT2D eigenvalue weighted by Gasteiger charge is -2.41. The number of thioether (sulfide) groups is 1. The Labute approximate surface area is 147 Å². The van der Waals surface area contributed by atoms with Crippen LogP contribution in [0.1, 0.15) is 12.8 Å². The van der Waals surface area contributed by atoms with Crippen LogP contribution in [0.5, 0.6) is 0 Å². The molecule has 0 aromatic heterocycles. The first-order valence-corrected chi connectivity index (χ1v) is 8.72. The number of fused-ring (bicyclic) bond motifs is 1. The summed E-state index contributed by atoms with van der Waals surface area (Å²) >= 11 is 1.08. The second kappa shape index (κ2) is 8.38. The summed E-state index contributed by atoms with van der Waals surface area (Å²) in [6, 6.07) is -0.853. The molecule has 0 aromatic rings. The quantitative estimate of drug-likeness (QED) is 0.524. The van der Waals surface area contributed by atoms with Crippen LogP contribution in [0.3, 0.4) is 0 Å². The minimum absolute atomic E-state index is 0.0852. The molecule has 0 bridgehead atoms. The molecule has 6 atom stereocenters. The molecule has 6 nitrogen and oxygen atoms in total. The van der Waals surface area contributed by atoms with Gasteiger partial charge in [0.25, 0.3) is 0 Å².